The predicted molar refractivity (Wildman–Crippen MR) is 104 cm³/mol. The minimum Gasteiger partial charge on any atom is -0.475 e. The lowest BCUT2D eigenvalue weighted by Gasteiger charge is -2.30. The van der Waals surface area contributed by atoms with Crippen LogP contribution in [0.4, 0.5) is 19.3 Å². The number of carbonyl (C=O) groups excluding carboxylic acids is 2. The van der Waals surface area contributed by atoms with Crippen molar-refractivity contribution < 1.29 is 27.8 Å². The number of ether oxygens (including phenoxy) is 2. The molecule has 160 valence electrons. The number of pyridine rings is 1. The van der Waals surface area contributed by atoms with E-state index < -0.39 is 29.6 Å². The topological polar surface area (TPSA) is 92.8 Å². The lowest BCUT2D eigenvalue weighted by Crippen LogP contribution is -2.45. The van der Waals surface area contributed by atoms with Gasteiger partial charge in [-0.05, 0) is 19.1 Å². The number of nitrogens with one attached hydrogen (secondary N) is 2. The summed E-state index contributed by atoms with van der Waals surface area (Å²) in [5.74, 6) is -1.60. The van der Waals surface area contributed by atoms with Crippen molar-refractivity contribution in [3.63, 3.8) is 0 Å². The molecule has 1 atom stereocenters. The Bertz CT molecular complexity index is 941. The second-order valence-corrected chi connectivity index (χ2v) is 6.72. The van der Waals surface area contributed by atoms with Crippen molar-refractivity contribution in [2.75, 3.05) is 32.2 Å². The number of hydrogen-bond donors (Lipinski definition) is 2. The first-order valence-corrected chi connectivity index (χ1v) is 9.29. The summed E-state index contributed by atoms with van der Waals surface area (Å²) in [5, 5.41) is 5.32. The van der Waals surface area contributed by atoms with Crippen LogP contribution in [0.15, 0.2) is 30.5 Å². The van der Waals surface area contributed by atoms with Crippen molar-refractivity contribution >= 4 is 17.6 Å². The molecule has 3 amide bonds. The summed E-state index contributed by atoms with van der Waals surface area (Å²) in [7, 11) is 1.55. The molecule has 2 aromatic rings. The van der Waals surface area contributed by atoms with Gasteiger partial charge in [0.15, 0.2) is 0 Å². The van der Waals surface area contributed by atoms with Crippen LogP contribution in [-0.2, 0) is 16.1 Å². The van der Waals surface area contributed by atoms with Crippen molar-refractivity contribution in [1.82, 2.24) is 15.2 Å². The van der Waals surface area contributed by atoms with E-state index in [1.807, 2.05) is 0 Å². The number of halogens is 2. The number of carbonyl (C=O) groups is 2. The van der Waals surface area contributed by atoms with E-state index >= 15 is 0 Å². The Labute approximate surface area is 172 Å². The van der Waals surface area contributed by atoms with Gasteiger partial charge in [0.1, 0.15) is 24.8 Å². The van der Waals surface area contributed by atoms with Crippen LogP contribution in [0.25, 0.3) is 0 Å². The van der Waals surface area contributed by atoms with Crippen molar-refractivity contribution in [2.45, 2.75) is 19.5 Å². The zero-order valence-corrected chi connectivity index (χ0v) is 16.6. The molecule has 0 bridgehead atoms. The second-order valence-electron chi connectivity index (χ2n) is 6.72. The van der Waals surface area contributed by atoms with Crippen molar-refractivity contribution in [3.8, 4) is 5.88 Å². The molecule has 30 heavy (non-hydrogen) atoms. The van der Waals surface area contributed by atoms with Gasteiger partial charge in [-0.2, -0.15) is 0 Å². The van der Waals surface area contributed by atoms with Gasteiger partial charge in [-0.1, -0.05) is 6.07 Å². The Morgan fingerprint density at radius 3 is 2.87 bits per heavy atom. The first-order chi connectivity index (χ1) is 14.4. The fourth-order valence-electron chi connectivity index (χ4n) is 3.06. The van der Waals surface area contributed by atoms with E-state index in [1.54, 1.807) is 20.1 Å². The molecule has 2 N–H and O–H groups in total. The van der Waals surface area contributed by atoms with Crippen LogP contribution in [0.5, 0.6) is 5.88 Å². The number of anilines is 1. The molecular formula is C20H22F2N4O4. The predicted octanol–water partition coefficient (Wildman–Crippen LogP) is 2.61. The molecule has 1 aromatic heterocycles. The summed E-state index contributed by atoms with van der Waals surface area (Å²) in [6.07, 6.45) is 1.52. The number of nitrogens with zero attached hydrogens (tertiary/aromatic N) is 2. The first-order valence-electron chi connectivity index (χ1n) is 9.29. The van der Waals surface area contributed by atoms with Crippen molar-refractivity contribution in [3.05, 3.63) is 53.2 Å². The average Bonchev–Trinajstić information content (AvgIpc) is 2.69. The quantitative estimate of drug-likeness (QED) is 0.641. The Kier molecular flexibility index (Phi) is 6.78. The van der Waals surface area contributed by atoms with Crippen LogP contribution < -0.4 is 15.4 Å². The van der Waals surface area contributed by atoms with Gasteiger partial charge >= 0.3 is 6.03 Å². The third kappa shape index (κ3) is 5.01. The highest BCUT2D eigenvalue weighted by Crippen LogP contribution is 2.29. The summed E-state index contributed by atoms with van der Waals surface area (Å²) in [6.45, 7) is 2.09. The molecule has 0 fully saturated rings. The number of benzene rings is 1. The van der Waals surface area contributed by atoms with Crippen LogP contribution in [-0.4, -0.2) is 48.7 Å². The molecule has 3 rings (SSSR count). The van der Waals surface area contributed by atoms with Gasteiger partial charge in [-0.3, -0.25) is 4.79 Å². The molecule has 0 aliphatic carbocycles. The fourth-order valence-corrected chi connectivity index (χ4v) is 3.06. The standard InChI is InChI=1S/C20H22F2N4O4/c1-12(14-4-3-13(21)9-16(14)22)24-18(27)11-26-10-15-17(25-20(26)28)5-6-23-19(15)30-8-7-29-2/h3-6,9,12H,7-8,10-11H2,1-2H3,(H,24,27)(H,25,28)/t12-/m0/s1. The lowest BCUT2D eigenvalue weighted by atomic mass is 10.1. The average molecular weight is 420 g/mol. The van der Waals surface area contributed by atoms with Gasteiger partial charge in [-0.25, -0.2) is 18.6 Å². The molecule has 10 heteroatoms. The van der Waals surface area contributed by atoms with E-state index in [9.17, 15) is 18.4 Å². The number of aromatic nitrogens is 1. The summed E-state index contributed by atoms with van der Waals surface area (Å²) in [6, 6.07) is 3.64. The lowest BCUT2D eigenvalue weighted by molar-refractivity contribution is -0.122. The number of hydrogen-bond acceptors (Lipinski definition) is 5. The highest BCUT2D eigenvalue weighted by molar-refractivity contribution is 5.95. The van der Waals surface area contributed by atoms with Crippen LogP contribution in [0.3, 0.4) is 0 Å². The fraction of sp³-hybridized carbons (Fsp3) is 0.350. The Balaban J connectivity index is 1.66. The highest BCUT2D eigenvalue weighted by Gasteiger charge is 2.28. The van der Waals surface area contributed by atoms with E-state index in [2.05, 4.69) is 15.6 Å². The molecule has 0 radical (unpaired) electrons. The molecule has 8 nitrogen and oxygen atoms in total. The molecule has 0 unspecified atom stereocenters. The van der Waals surface area contributed by atoms with E-state index in [4.69, 9.17) is 9.47 Å². The van der Waals surface area contributed by atoms with Gasteiger partial charge < -0.3 is 25.0 Å². The minimum absolute atomic E-state index is 0.115. The first kappa shape index (κ1) is 21.4. The Morgan fingerprint density at radius 2 is 2.13 bits per heavy atom. The summed E-state index contributed by atoms with van der Waals surface area (Å²) >= 11 is 0. The largest absolute Gasteiger partial charge is 0.475 e. The molecular weight excluding hydrogens is 398 g/mol. The van der Waals surface area contributed by atoms with E-state index in [0.29, 0.717) is 23.7 Å². The number of fused-ring (bicyclic) bond motifs is 1. The van der Waals surface area contributed by atoms with Gasteiger partial charge in [0.05, 0.1) is 30.4 Å². The van der Waals surface area contributed by atoms with Crippen molar-refractivity contribution in [2.24, 2.45) is 0 Å². The van der Waals surface area contributed by atoms with Gasteiger partial charge in [0, 0.05) is 24.9 Å². The monoisotopic (exact) mass is 420 g/mol. The molecule has 2 heterocycles. The molecule has 0 saturated carbocycles. The maximum Gasteiger partial charge on any atom is 0.322 e. The maximum atomic E-state index is 13.9. The number of amides is 3. The van der Waals surface area contributed by atoms with Gasteiger partial charge in [0.25, 0.3) is 0 Å². The van der Waals surface area contributed by atoms with E-state index in [-0.39, 0.29) is 25.3 Å². The third-order valence-electron chi connectivity index (χ3n) is 4.56. The minimum atomic E-state index is -0.753. The number of urea groups is 1. The van der Waals surface area contributed by atoms with Gasteiger partial charge in [-0.15, -0.1) is 0 Å². The number of methoxy groups -OCH3 is 1. The molecule has 0 saturated heterocycles. The zero-order valence-electron chi connectivity index (χ0n) is 16.6. The normalized spacial score (nSPS) is 14.0. The zero-order chi connectivity index (χ0) is 21.7. The van der Waals surface area contributed by atoms with Crippen LogP contribution in [0.1, 0.15) is 24.1 Å². The second kappa shape index (κ2) is 9.49. The summed E-state index contributed by atoms with van der Waals surface area (Å²) in [4.78, 5) is 30.3. The SMILES string of the molecule is COCCOc1nccc2c1CN(CC(=O)N[C@@H](C)c1ccc(F)cc1F)C(=O)N2. The van der Waals surface area contributed by atoms with Crippen LogP contribution in [0.2, 0.25) is 0 Å². The molecule has 0 spiro atoms. The Morgan fingerprint density at radius 1 is 1.33 bits per heavy atom. The summed E-state index contributed by atoms with van der Waals surface area (Å²) in [5.41, 5.74) is 1.34. The summed E-state index contributed by atoms with van der Waals surface area (Å²) < 4.78 is 37.5. The number of rotatable bonds is 8. The van der Waals surface area contributed by atoms with Crippen LogP contribution in [0, 0.1) is 11.6 Å². The van der Waals surface area contributed by atoms with E-state index in [0.717, 1.165) is 12.1 Å². The highest BCUT2D eigenvalue weighted by atomic mass is 19.1. The van der Waals surface area contributed by atoms with Gasteiger partial charge in [0.2, 0.25) is 11.8 Å². The maximum absolute atomic E-state index is 13.9. The molecule has 1 aliphatic rings. The smallest absolute Gasteiger partial charge is 0.322 e. The van der Waals surface area contributed by atoms with Crippen molar-refractivity contribution in [1.29, 1.82) is 0 Å². The van der Waals surface area contributed by atoms with E-state index in [1.165, 1.54) is 17.2 Å². The van der Waals surface area contributed by atoms with Crippen LogP contribution >= 0.6 is 0 Å². The Hall–Kier alpha value is -3.27. The third-order valence-corrected chi connectivity index (χ3v) is 4.56. The molecule has 1 aliphatic heterocycles. The molecule has 1 aromatic carbocycles.